The van der Waals surface area contributed by atoms with Crippen LogP contribution in [0, 0.1) is 13.8 Å². The number of rotatable bonds is 4. The quantitative estimate of drug-likeness (QED) is 0.566. The van der Waals surface area contributed by atoms with E-state index in [2.05, 4.69) is 30.2 Å². The normalized spacial score (nSPS) is 16.6. The fraction of sp³-hybridized carbons (Fsp3) is 0.167. The molecule has 5 heteroatoms. The van der Waals surface area contributed by atoms with Gasteiger partial charge in [-0.2, -0.15) is 0 Å². The Balaban J connectivity index is 1.72. The minimum atomic E-state index is -0.145. The Morgan fingerprint density at radius 2 is 1.90 bits per heavy atom. The molecular formula is C24H22N2O2S. The number of fused-ring (bicyclic) bond motifs is 1. The van der Waals surface area contributed by atoms with Crippen molar-refractivity contribution in [3.05, 3.63) is 76.2 Å². The van der Waals surface area contributed by atoms with Gasteiger partial charge in [-0.05, 0) is 78.7 Å². The summed E-state index contributed by atoms with van der Waals surface area (Å²) < 4.78 is 5.82. The fourth-order valence-electron chi connectivity index (χ4n) is 3.23. The van der Waals surface area contributed by atoms with Crippen LogP contribution >= 0.6 is 11.8 Å². The smallest absolute Gasteiger partial charge is 0.264 e. The van der Waals surface area contributed by atoms with Gasteiger partial charge in [-0.25, -0.2) is 4.99 Å². The first kappa shape index (κ1) is 19.3. The van der Waals surface area contributed by atoms with Gasteiger partial charge < -0.3 is 10.1 Å². The number of ether oxygens (including phenoxy) is 1. The summed E-state index contributed by atoms with van der Waals surface area (Å²) in [6.07, 6.45) is 1.90. The van der Waals surface area contributed by atoms with Gasteiger partial charge in [-0.3, -0.25) is 4.79 Å². The molecule has 4 rings (SSSR count). The van der Waals surface area contributed by atoms with Crippen LogP contribution in [-0.4, -0.2) is 17.7 Å². The number of amidine groups is 1. The Morgan fingerprint density at radius 3 is 2.69 bits per heavy atom. The maximum atomic E-state index is 12.6. The summed E-state index contributed by atoms with van der Waals surface area (Å²) in [6, 6.07) is 18.1. The third kappa shape index (κ3) is 4.05. The average molecular weight is 403 g/mol. The van der Waals surface area contributed by atoms with Crippen molar-refractivity contribution >= 4 is 45.4 Å². The summed E-state index contributed by atoms with van der Waals surface area (Å²) in [4.78, 5) is 17.8. The number of aliphatic imine (C=N–C) groups is 1. The van der Waals surface area contributed by atoms with E-state index in [0.29, 0.717) is 16.7 Å². The van der Waals surface area contributed by atoms with Crippen LogP contribution in [0.5, 0.6) is 5.75 Å². The largest absolute Gasteiger partial charge is 0.493 e. The van der Waals surface area contributed by atoms with Crippen LogP contribution < -0.4 is 10.1 Å². The first-order chi connectivity index (χ1) is 14.0. The zero-order valence-electron chi connectivity index (χ0n) is 16.7. The van der Waals surface area contributed by atoms with Crippen LogP contribution in [0.4, 0.5) is 5.69 Å². The molecule has 1 heterocycles. The molecule has 1 fully saturated rings. The highest BCUT2D eigenvalue weighted by Crippen LogP contribution is 2.34. The van der Waals surface area contributed by atoms with Crippen molar-refractivity contribution in [2.75, 3.05) is 6.61 Å². The lowest BCUT2D eigenvalue weighted by Gasteiger charge is -2.11. The Hall–Kier alpha value is -3.05. The predicted molar refractivity (Wildman–Crippen MR) is 122 cm³/mol. The third-order valence-electron chi connectivity index (χ3n) is 4.88. The number of benzene rings is 3. The maximum Gasteiger partial charge on any atom is 0.264 e. The molecule has 146 valence electrons. The SMILES string of the molecule is CCOc1ccc2ccccc2c1/C=C1\SC(=Nc2ccc(C)c(C)c2)NC1=O. The van der Waals surface area contributed by atoms with E-state index in [1.165, 1.54) is 22.9 Å². The Kier molecular flexibility index (Phi) is 5.41. The lowest BCUT2D eigenvalue weighted by molar-refractivity contribution is -0.115. The number of nitrogens with one attached hydrogen (secondary N) is 1. The number of carbonyl (C=O) groups is 1. The monoisotopic (exact) mass is 402 g/mol. The minimum absolute atomic E-state index is 0.145. The maximum absolute atomic E-state index is 12.6. The second-order valence-corrected chi connectivity index (χ2v) is 7.91. The van der Waals surface area contributed by atoms with Gasteiger partial charge in [0, 0.05) is 5.56 Å². The van der Waals surface area contributed by atoms with Gasteiger partial charge in [0.15, 0.2) is 5.17 Å². The van der Waals surface area contributed by atoms with E-state index in [1.54, 1.807) is 0 Å². The molecule has 29 heavy (non-hydrogen) atoms. The van der Waals surface area contributed by atoms with Crippen molar-refractivity contribution in [2.45, 2.75) is 20.8 Å². The highest BCUT2D eigenvalue weighted by atomic mass is 32.2. The van der Waals surface area contributed by atoms with E-state index < -0.39 is 0 Å². The zero-order chi connectivity index (χ0) is 20.4. The Bertz CT molecular complexity index is 1160. The number of thioether (sulfide) groups is 1. The lowest BCUT2D eigenvalue weighted by Crippen LogP contribution is -2.19. The van der Waals surface area contributed by atoms with Crippen molar-refractivity contribution in [2.24, 2.45) is 4.99 Å². The molecule has 3 aromatic rings. The van der Waals surface area contributed by atoms with Gasteiger partial charge >= 0.3 is 0 Å². The summed E-state index contributed by atoms with van der Waals surface area (Å²) in [5.41, 5.74) is 4.14. The molecule has 1 saturated heterocycles. The number of carbonyl (C=O) groups excluding carboxylic acids is 1. The molecule has 4 nitrogen and oxygen atoms in total. The standard InChI is InChI=1S/C24H22N2O2S/c1-4-28-21-12-10-17-7-5-6-8-19(17)20(21)14-22-23(27)26-24(29-22)25-18-11-9-15(2)16(3)13-18/h5-14H,4H2,1-3H3,(H,25,26,27)/b22-14-. The molecule has 0 unspecified atom stereocenters. The molecule has 0 aliphatic carbocycles. The predicted octanol–water partition coefficient (Wildman–Crippen LogP) is 5.75. The summed E-state index contributed by atoms with van der Waals surface area (Å²) in [5, 5.41) is 5.62. The zero-order valence-corrected chi connectivity index (χ0v) is 17.5. The van der Waals surface area contributed by atoms with Gasteiger partial charge in [-0.1, -0.05) is 36.4 Å². The number of amides is 1. The van der Waals surface area contributed by atoms with Gasteiger partial charge in [0.25, 0.3) is 5.91 Å². The Morgan fingerprint density at radius 1 is 1.07 bits per heavy atom. The van der Waals surface area contributed by atoms with E-state index >= 15 is 0 Å². The van der Waals surface area contributed by atoms with Gasteiger partial charge in [0.1, 0.15) is 5.75 Å². The fourth-order valence-corrected chi connectivity index (χ4v) is 4.05. The van der Waals surface area contributed by atoms with E-state index in [9.17, 15) is 4.79 Å². The van der Waals surface area contributed by atoms with Crippen LogP contribution in [0.2, 0.25) is 0 Å². The molecule has 0 bridgehead atoms. The lowest BCUT2D eigenvalue weighted by atomic mass is 10.0. The van der Waals surface area contributed by atoms with Crippen LogP contribution in [0.1, 0.15) is 23.6 Å². The van der Waals surface area contributed by atoms with Crippen molar-refractivity contribution in [3.8, 4) is 5.75 Å². The van der Waals surface area contributed by atoms with Crippen molar-refractivity contribution in [1.29, 1.82) is 0 Å². The molecule has 0 saturated carbocycles. The van der Waals surface area contributed by atoms with Crippen molar-refractivity contribution in [3.63, 3.8) is 0 Å². The summed E-state index contributed by atoms with van der Waals surface area (Å²) >= 11 is 1.35. The summed E-state index contributed by atoms with van der Waals surface area (Å²) in [7, 11) is 0. The molecule has 0 radical (unpaired) electrons. The second kappa shape index (κ2) is 8.13. The highest BCUT2D eigenvalue weighted by Gasteiger charge is 2.24. The van der Waals surface area contributed by atoms with Gasteiger partial charge in [0.2, 0.25) is 0 Å². The average Bonchev–Trinajstić information content (AvgIpc) is 3.05. The Labute approximate surface area is 174 Å². The van der Waals surface area contributed by atoms with E-state index in [1.807, 2.05) is 61.5 Å². The minimum Gasteiger partial charge on any atom is -0.493 e. The third-order valence-corrected chi connectivity index (χ3v) is 5.79. The molecule has 1 aliphatic heterocycles. The molecular weight excluding hydrogens is 380 g/mol. The number of hydrogen-bond acceptors (Lipinski definition) is 4. The van der Waals surface area contributed by atoms with Crippen molar-refractivity contribution < 1.29 is 9.53 Å². The van der Waals surface area contributed by atoms with Gasteiger partial charge in [0.05, 0.1) is 17.2 Å². The molecule has 3 aromatic carbocycles. The number of nitrogens with zero attached hydrogens (tertiary/aromatic N) is 1. The summed E-state index contributed by atoms with van der Waals surface area (Å²) in [6.45, 7) is 6.64. The van der Waals surface area contributed by atoms with Crippen LogP contribution in [0.15, 0.2) is 64.5 Å². The molecule has 0 aromatic heterocycles. The van der Waals surface area contributed by atoms with Crippen LogP contribution in [-0.2, 0) is 4.79 Å². The molecule has 0 atom stereocenters. The first-order valence-corrected chi connectivity index (χ1v) is 10.4. The van der Waals surface area contributed by atoms with E-state index in [-0.39, 0.29) is 5.91 Å². The highest BCUT2D eigenvalue weighted by molar-refractivity contribution is 8.18. The molecule has 1 N–H and O–H groups in total. The second-order valence-electron chi connectivity index (χ2n) is 6.88. The summed E-state index contributed by atoms with van der Waals surface area (Å²) in [5.74, 6) is 0.625. The van der Waals surface area contributed by atoms with Gasteiger partial charge in [-0.15, -0.1) is 0 Å². The van der Waals surface area contributed by atoms with Crippen LogP contribution in [0.25, 0.3) is 16.8 Å². The first-order valence-electron chi connectivity index (χ1n) is 9.56. The van der Waals surface area contributed by atoms with E-state index in [0.717, 1.165) is 27.8 Å². The number of aryl methyl sites for hydroxylation is 2. The molecule has 1 amide bonds. The topological polar surface area (TPSA) is 50.7 Å². The molecule has 1 aliphatic rings. The molecule has 0 spiro atoms. The number of hydrogen-bond donors (Lipinski definition) is 1. The van der Waals surface area contributed by atoms with Crippen molar-refractivity contribution in [1.82, 2.24) is 5.32 Å². The van der Waals surface area contributed by atoms with E-state index in [4.69, 9.17) is 4.74 Å². The van der Waals surface area contributed by atoms with Crippen LogP contribution in [0.3, 0.4) is 0 Å².